The van der Waals surface area contributed by atoms with Gasteiger partial charge in [-0.3, -0.25) is 0 Å². The summed E-state index contributed by atoms with van der Waals surface area (Å²) in [5, 5.41) is 0. The molecule has 4 heteroatoms. The van der Waals surface area contributed by atoms with Crippen molar-refractivity contribution < 1.29 is 9.47 Å². The van der Waals surface area contributed by atoms with Gasteiger partial charge in [-0.15, -0.1) is 0 Å². The molecular weight excluding hydrogens is 258 g/mol. The van der Waals surface area contributed by atoms with Gasteiger partial charge in [0.2, 0.25) is 0 Å². The molecule has 1 unspecified atom stereocenters. The van der Waals surface area contributed by atoms with Crippen molar-refractivity contribution >= 4 is 15.9 Å². The monoisotopic (exact) mass is 273 g/mol. The lowest BCUT2D eigenvalue weighted by Crippen LogP contribution is -2.09. The lowest BCUT2D eigenvalue weighted by atomic mass is 10.0. The highest BCUT2D eigenvalue weighted by molar-refractivity contribution is 9.10. The second-order valence-corrected chi connectivity index (χ2v) is 4.24. The molecule has 0 aliphatic rings. The van der Waals surface area contributed by atoms with Crippen LogP contribution in [-0.2, 0) is 0 Å². The van der Waals surface area contributed by atoms with Gasteiger partial charge in [0.05, 0.1) is 18.7 Å². The van der Waals surface area contributed by atoms with Crippen LogP contribution in [0.15, 0.2) is 10.5 Å². The third-order valence-electron chi connectivity index (χ3n) is 2.31. The van der Waals surface area contributed by atoms with Gasteiger partial charge in [-0.1, -0.05) is 0 Å². The zero-order valence-electron chi connectivity index (χ0n) is 9.43. The van der Waals surface area contributed by atoms with Crippen molar-refractivity contribution in [2.75, 3.05) is 14.2 Å². The number of aryl methyl sites for hydroxylation is 1. The summed E-state index contributed by atoms with van der Waals surface area (Å²) < 4.78 is 11.4. The fourth-order valence-electron chi connectivity index (χ4n) is 1.64. The normalized spacial score (nSPS) is 12.4. The van der Waals surface area contributed by atoms with Crippen LogP contribution in [0.1, 0.15) is 24.1 Å². The van der Waals surface area contributed by atoms with E-state index in [2.05, 4.69) is 15.9 Å². The molecule has 0 saturated carbocycles. The first-order valence-electron chi connectivity index (χ1n) is 4.69. The van der Waals surface area contributed by atoms with Crippen LogP contribution in [0.5, 0.6) is 11.5 Å². The van der Waals surface area contributed by atoms with Gasteiger partial charge < -0.3 is 15.2 Å². The summed E-state index contributed by atoms with van der Waals surface area (Å²) in [6, 6.07) is 1.89. The van der Waals surface area contributed by atoms with Crippen LogP contribution in [0.2, 0.25) is 0 Å². The maximum Gasteiger partial charge on any atom is 0.175 e. The third kappa shape index (κ3) is 2.26. The van der Waals surface area contributed by atoms with Crippen molar-refractivity contribution in [3.05, 3.63) is 21.7 Å². The molecule has 0 spiro atoms. The summed E-state index contributed by atoms with van der Waals surface area (Å²) in [4.78, 5) is 0. The molecule has 0 heterocycles. The van der Waals surface area contributed by atoms with Gasteiger partial charge in [-0.25, -0.2) is 0 Å². The molecule has 0 fully saturated rings. The molecule has 1 aromatic carbocycles. The molecule has 0 amide bonds. The average Bonchev–Trinajstić information content (AvgIpc) is 2.16. The average molecular weight is 274 g/mol. The van der Waals surface area contributed by atoms with Gasteiger partial charge in [-0.2, -0.15) is 0 Å². The van der Waals surface area contributed by atoms with Crippen LogP contribution in [0.25, 0.3) is 0 Å². The Morgan fingerprint density at radius 3 is 2.33 bits per heavy atom. The lowest BCUT2D eigenvalue weighted by Gasteiger charge is -2.17. The predicted molar refractivity (Wildman–Crippen MR) is 64.6 cm³/mol. The van der Waals surface area contributed by atoms with E-state index in [1.807, 2.05) is 19.9 Å². The molecule has 0 aliphatic carbocycles. The summed E-state index contributed by atoms with van der Waals surface area (Å²) in [6.07, 6.45) is 0. The molecule has 3 nitrogen and oxygen atoms in total. The van der Waals surface area contributed by atoms with E-state index in [4.69, 9.17) is 15.2 Å². The molecule has 0 bridgehead atoms. The van der Waals surface area contributed by atoms with E-state index in [1.54, 1.807) is 14.2 Å². The largest absolute Gasteiger partial charge is 0.493 e. The minimum Gasteiger partial charge on any atom is -0.493 e. The second kappa shape index (κ2) is 4.86. The maximum atomic E-state index is 5.90. The van der Waals surface area contributed by atoms with Crippen LogP contribution in [0, 0.1) is 6.92 Å². The Balaban J connectivity index is 3.44. The van der Waals surface area contributed by atoms with Gasteiger partial charge in [0, 0.05) is 6.04 Å². The summed E-state index contributed by atoms with van der Waals surface area (Å²) in [7, 11) is 3.23. The standard InChI is InChI=1S/C11H16BrNO2/c1-6-5-8(14-3)11(15-4)10(12)9(6)7(2)13/h5,7H,13H2,1-4H3. The number of ether oxygens (including phenoxy) is 2. The van der Waals surface area contributed by atoms with E-state index in [9.17, 15) is 0 Å². The number of hydrogen-bond donors (Lipinski definition) is 1. The quantitative estimate of drug-likeness (QED) is 0.921. The van der Waals surface area contributed by atoms with E-state index >= 15 is 0 Å². The van der Waals surface area contributed by atoms with Crippen molar-refractivity contribution in [1.29, 1.82) is 0 Å². The predicted octanol–water partition coefficient (Wildman–Crippen LogP) is 2.79. The molecule has 0 aliphatic heterocycles. The number of halogens is 1. The number of methoxy groups -OCH3 is 2. The van der Waals surface area contributed by atoms with Crippen LogP contribution in [0.4, 0.5) is 0 Å². The fraction of sp³-hybridized carbons (Fsp3) is 0.455. The minimum atomic E-state index is -0.0424. The number of benzene rings is 1. The SMILES string of the molecule is COc1cc(C)c(C(C)N)c(Br)c1OC. The van der Waals surface area contributed by atoms with Gasteiger partial charge in [0.1, 0.15) is 0 Å². The number of rotatable bonds is 3. The topological polar surface area (TPSA) is 44.5 Å². The van der Waals surface area contributed by atoms with Crippen LogP contribution in [-0.4, -0.2) is 14.2 Å². The van der Waals surface area contributed by atoms with Crippen molar-refractivity contribution in [2.45, 2.75) is 19.9 Å². The van der Waals surface area contributed by atoms with Gasteiger partial charge in [0.25, 0.3) is 0 Å². The lowest BCUT2D eigenvalue weighted by molar-refractivity contribution is 0.352. The van der Waals surface area contributed by atoms with Gasteiger partial charge >= 0.3 is 0 Å². The molecule has 0 aromatic heterocycles. The molecule has 0 saturated heterocycles. The Labute approximate surface area is 98.7 Å². The van der Waals surface area contributed by atoms with E-state index in [1.165, 1.54) is 0 Å². The van der Waals surface area contributed by atoms with E-state index in [0.717, 1.165) is 15.6 Å². The highest BCUT2D eigenvalue weighted by atomic mass is 79.9. The van der Waals surface area contributed by atoms with Crippen LogP contribution in [0.3, 0.4) is 0 Å². The molecule has 1 aromatic rings. The first kappa shape index (κ1) is 12.3. The van der Waals surface area contributed by atoms with Gasteiger partial charge in [-0.05, 0) is 47.0 Å². The first-order valence-corrected chi connectivity index (χ1v) is 5.48. The molecule has 2 N–H and O–H groups in total. The highest BCUT2D eigenvalue weighted by Crippen LogP contribution is 2.41. The zero-order chi connectivity index (χ0) is 11.6. The Bertz CT molecular complexity index is 364. The highest BCUT2D eigenvalue weighted by Gasteiger charge is 2.17. The Kier molecular flexibility index (Phi) is 3.99. The molecule has 15 heavy (non-hydrogen) atoms. The first-order chi connectivity index (χ1) is 7.02. The van der Waals surface area contributed by atoms with Crippen molar-refractivity contribution in [1.82, 2.24) is 0 Å². The minimum absolute atomic E-state index is 0.0424. The Morgan fingerprint density at radius 2 is 1.93 bits per heavy atom. The Morgan fingerprint density at radius 1 is 1.33 bits per heavy atom. The van der Waals surface area contributed by atoms with Crippen molar-refractivity contribution in [2.24, 2.45) is 5.73 Å². The summed E-state index contributed by atoms with van der Waals surface area (Å²) in [6.45, 7) is 3.95. The molecule has 84 valence electrons. The molecule has 0 radical (unpaired) electrons. The van der Waals surface area contributed by atoms with Crippen LogP contribution >= 0.6 is 15.9 Å². The van der Waals surface area contributed by atoms with E-state index in [-0.39, 0.29) is 6.04 Å². The van der Waals surface area contributed by atoms with Crippen LogP contribution < -0.4 is 15.2 Å². The van der Waals surface area contributed by atoms with E-state index < -0.39 is 0 Å². The van der Waals surface area contributed by atoms with Crippen molar-refractivity contribution in [3.63, 3.8) is 0 Å². The summed E-state index contributed by atoms with van der Waals surface area (Å²) in [5.41, 5.74) is 8.05. The second-order valence-electron chi connectivity index (χ2n) is 3.45. The number of nitrogens with two attached hydrogens (primary N) is 1. The van der Waals surface area contributed by atoms with Gasteiger partial charge in [0.15, 0.2) is 11.5 Å². The zero-order valence-corrected chi connectivity index (χ0v) is 11.0. The summed E-state index contributed by atoms with van der Waals surface area (Å²) >= 11 is 3.50. The third-order valence-corrected chi connectivity index (χ3v) is 3.10. The summed E-state index contributed by atoms with van der Waals surface area (Å²) in [5.74, 6) is 1.40. The molecular formula is C11H16BrNO2. The number of hydrogen-bond acceptors (Lipinski definition) is 3. The smallest absolute Gasteiger partial charge is 0.175 e. The van der Waals surface area contributed by atoms with E-state index in [0.29, 0.717) is 11.5 Å². The Hall–Kier alpha value is -0.740. The maximum absolute atomic E-state index is 5.90. The van der Waals surface area contributed by atoms with Crippen molar-refractivity contribution in [3.8, 4) is 11.5 Å². The fourth-order valence-corrected chi connectivity index (χ4v) is 2.68. The molecule has 1 rings (SSSR count). The molecule has 1 atom stereocenters.